The summed E-state index contributed by atoms with van der Waals surface area (Å²) in [5.74, 6) is -0.329. The predicted octanol–water partition coefficient (Wildman–Crippen LogP) is 3.33. The van der Waals surface area contributed by atoms with E-state index in [1.54, 1.807) is 0 Å². The molecule has 1 rings (SSSR count). The average Bonchev–Trinajstić information content (AvgIpc) is 2.19. The summed E-state index contributed by atoms with van der Waals surface area (Å²) in [4.78, 5) is 9.75. The predicted molar refractivity (Wildman–Crippen MR) is 63.2 cm³/mol. The quantitative estimate of drug-likeness (QED) is 0.545. The number of hydrogen-bond acceptors (Lipinski definition) is 2. The lowest BCUT2D eigenvalue weighted by molar-refractivity contribution is -0.135. The molecule has 0 fully saturated rings. The summed E-state index contributed by atoms with van der Waals surface area (Å²) in [7, 11) is 0. The van der Waals surface area contributed by atoms with E-state index in [0.717, 1.165) is 6.26 Å². The van der Waals surface area contributed by atoms with Crippen molar-refractivity contribution in [1.82, 2.24) is 0 Å². The molecule has 1 aromatic rings. The van der Waals surface area contributed by atoms with E-state index in [9.17, 15) is 4.79 Å². The first kappa shape index (κ1) is 13.2. The van der Waals surface area contributed by atoms with Crippen molar-refractivity contribution in [2.45, 2.75) is 13.8 Å². The van der Waals surface area contributed by atoms with E-state index in [2.05, 4.69) is 37.0 Å². The molecule has 0 N–H and O–H groups in total. The van der Waals surface area contributed by atoms with Gasteiger partial charge in [-0.3, -0.25) is 4.79 Å². The van der Waals surface area contributed by atoms with Crippen LogP contribution in [0.25, 0.3) is 6.08 Å². The highest BCUT2D eigenvalue weighted by molar-refractivity contribution is 5.66. The maximum absolute atomic E-state index is 9.75. The molecule has 2 heteroatoms. The van der Waals surface area contributed by atoms with Crippen LogP contribution in [0.1, 0.15) is 18.1 Å². The lowest BCUT2D eigenvalue weighted by Crippen LogP contribution is -1.87. The summed E-state index contributed by atoms with van der Waals surface area (Å²) in [6.07, 6.45) is 2.97. The van der Waals surface area contributed by atoms with Crippen LogP contribution < -0.4 is 0 Å². The van der Waals surface area contributed by atoms with E-state index in [-0.39, 0.29) is 5.97 Å². The first-order chi connectivity index (χ1) is 7.11. The second-order valence-electron chi connectivity index (χ2n) is 2.84. The molecule has 0 saturated heterocycles. The van der Waals surface area contributed by atoms with Gasteiger partial charge in [0.15, 0.2) is 0 Å². The highest BCUT2D eigenvalue weighted by Gasteiger charge is 1.86. The van der Waals surface area contributed by atoms with Gasteiger partial charge in [-0.2, -0.15) is 0 Å². The third kappa shape index (κ3) is 6.27. The molecule has 0 unspecified atom stereocenters. The van der Waals surface area contributed by atoms with Gasteiger partial charge in [0.1, 0.15) is 0 Å². The Balaban J connectivity index is 0.000000288. The molecule has 0 heterocycles. The molecule has 1 aromatic carbocycles. The minimum absolute atomic E-state index is 0.329. The van der Waals surface area contributed by atoms with Gasteiger partial charge in [0.25, 0.3) is 0 Å². The van der Waals surface area contributed by atoms with Crippen LogP contribution in [-0.2, 0) is 9.53 Å². The van der Waals surface area contributed by atoms with Crippen molar-refractivity contribution in [3.05, 3.63) is 54.8 Å². The van der Waals surface area contributed by atoms with Gasteiger partial charge in [0, 0.05) is 6.92 Å². The zero-order valence-electron chi connectivity index (χ0n) is 9.19. The Morgan fingerprint density at radius 2 is 1.93 bits per heavy atom. The van der Waals surface area contributed by atoms with Gasteiger partial charge in [0.2, 0.25) is 0 Å². The first-order valence-corrected chi connectivity index (χ1v) is 4.58. The van der Waals surface area contributed by atoms with Crippen molar-refractivity contribution in [2.75, 3.05) is 0 Å². The number of carbonyl (C=O) groups excluding carboxylic acids is 1. The topological polar surface area (TPSA) is 26.3 Å². The maximum Gasteiger partial charge on any atom is 0.307 e. The monoisotopic (exact) mass is 204 g/mol. The van der Waals surface area contributed by atoms with E-state index >= 15 is 0 Å². The van der Waals surface area contributed by atoms with E-state index in [0.29, 0.717) is 0 Å². The molecule has 0 aliphatic carbocycles. The van der Waals surface area contributed by atoms with Gasteiger partial charge in [-0.15, -0.1) is 0 Å². The van der Waals surface area contributed by atoms with E-state index in [4.69, 9.17) is 0 Å². The average molecular weight is 204 g/mol. The summed E-state index contributed by atoms with van der Waals surface area (Å²) in [6, 6.07) is 8.19. The van der Waals surface area contributed by atoms with Gasteiger partial charge in [-0.05, 0) is 18.1 Å². The molecule has 80 valence electrons. The van der Waals surface area contributed by atoms with Crippen molar-refractivity contribution in [2.24, 2.45) is 0 Å². The van der Waals surface area contributed by atoms with Crippen molar-refractivity contribution in [3.8, 4) is 0 Å². The van der Waals surface area contributed by atoms with E-state index in [1.165, 1.54) is 18.1 Å². The van der Waals surface area contributed by atoms with Crippen LogP contribution in [0.2, 0.25) is 0 Å². The van der Waals surface area contributed by atoms with Crippen LogP contribution >= 0.6 is 0 Å². The molecular weight excluding hydrogens is 188 g/mol. The third-order valence-corrected chi connectivity index (χ3v) is 1.66. The lowest BCUT2D eigenvalue weighted by atomic mass is 10.1. The van der Waals surface area contributed by atoms with Crippen LogP contribution in [0.5, 0.6) is 0 Å². The largest absolute Gasteiger partial charge is 0.435 e. The molecule has 0 amide bonds. The van der Waals surface area contributed by atoms with Gasteiger partial charge < -0.3 is 4.74 Å². The maximum atomic E-state index is 9.75. The second kappa shape index (κ2) is 7.56. The molecule has 0 bridgehead atoms. The number of aryl methyl sites for hydroxylation is 1. The van der Waals surface area contributed by atoms with Gasteiger partial charge in [0.05, 0.1) is 6.26 Å². The fraction of sp³-hybridized carbons (Fsp3) is 0.154. The van der Waals surface area contributed by atoms with Gasteiger partial charge >= 0.3 is 5.97 Å². The van der Waals surface area contributed by atoms with Crippen molar-refractivity contribution in [3.63, 3.8) is 0 Å². The van der Waals surface area contributed by atoms with Crippen LogP contribution in [0.4, 0.5) is 0 Å². The van der Waals surface area contributed by atoms with Crippen molar-refractivity contribution < 1.29 is 9.53 Å². The highest BCUT2D eigenvalue weighted by atomic mass is 16.5. The molecule has 0 aliphatic rings. The summed E-state index contributed by atoms with van der Waals surface area (Å²) < 4.78 is 4.17. The lowest BCUT2D eigenvalue weighted by Gasteiger charge is -1.95. The molecule has 0 aliphatic heterocycles. The minimum atomic E-state index is -0.329. The Morgan fingerprint density at radius 1 is 1.33 bits per heavy atom. The number of ether oxygens (including phenoxy) is 1. The van der Waals surface area contributed by atoms with Crippen LogP contribution in [0.3, 0.4) is 0 Å². The standard InChI is InChI=1S/C9H10.C4H6O2/c1-3-9-7-5-4-6-8(9)2;1-3-6-4(2)5/h3-7H,1H2,2H3;3H,1H2,2H3. The molecule has 2 nitrogen and oxygen atoms in total. The first-order valence-electron chi connectivity index (χ1n) is 4.58. The number of carbonyl (C=O) groups is 1. The molecule has 0 aromatic heterocycles. The van der Waals surface area contributed by atoms with Crippen molar-refractivity contribution >= 4 is 12.0 Å². The van der Waals surface area contributed by atoms with E-state index in [1.807, 2.05) is 18.2 Å². The second-order valence-corrected chi connectivity index (χ2v) is 2.84. The molecule has 0 atom stereocenters. The van der Waals surface area contributed by atoms with Crippen LogP contribution in [0, 0.1) is 6.92 Å². The summed E-state index contributed by atoms with van der Waals surface area (Å²) in [5.41, 5.74) is 2.50. The fourth-order valence-electron chi connectivity index (χ4n) is 0.933. The molecule has 0 saturated carbocycles. The summed E-state index contributed by atoms with van der Waals surface area (Å²) >= 11 is 0. The smallest absolute Gasteiger partial charge is 0.307 e. The van der Waals surface area contributed by atoms with Gasteiger partial charge in [-0.25, -0.2) is 0 Å². The molecule has 15 heavy (non-hydrogen) atoms. The fourth-order valence-corrected chi connectivity index (χ4v) is 0.933. The SMILES string of the molecule is C=COC(C)=O.C=Cc1ccccc1C. The zero-order valence-corrected chi connectivity index (χ0v) is 9.19. The van der Waals surface area contributed by atoms with Crippen LogP contribution in [-0.4, -0.2) is 5.97 Å². The summed E-state index contributed by atoms with van der Waals surface area (Å²) in [6.45, 7) is 10.3. The van der Waals surface area contributed by atoms with Gasteiger partial charge in [-0.1, -0.05) is 43.5 Å². The molecule has 0 spiro atoms. The minimum Gasteiger partial charge on any atom is -0.435 e. The molecular formula is C13H16O2. The Hall–Kier alpha value is -1.83. The summed E-state index contributed by atoms with van der Waals surface area (Å²) in [5, 5.41) is 0. The number of benzene rings is 1. The Kier molecular flexibility index (Phi) is 6.64. The highest BCUT2D eigenvalue weighted by Crippen LogP contribution is 2.06. The van der Waals surface area contributed by atoms with E-state index < -0.39 is 0 Å². The normalized spacial score (nSPS) is 8.13. The zero-order chi connectivity index (χ0) is 11.7. The van der Waals surface area contributed by atoms with Crippen molar-refractivity contribution in [1.29, 1.82) is 0 Å². The third-order valence-electron chi connectivity index (χ3n) is 1.66. The number of rotatable bonds is 2. The molecule has 0 radical (unpaired) electrons. The Bertz CT molecular complexity index is 340. The number of esters is 1. The Morgan fingerprint density at radius 3 is 2.20 bits per heavy atom. The Labute approximate surface area is 90.9 Å². The number of hydrogen-bond donors (Lipinski definition) is 0. The van der Waals surface area contributed by atoms with Crippen LogP contribution in [0.15, 0.2) is 43.7 Å².